The Balaban J connectivity index is 0.000000433. The molecule has 3 N–H and O–H groups in total. The van der Waals surface area contributed by atoms with Crippen molar-refractivity contribution >= 4 is 11.9 Å². The highest BCUT2D eigenvalue weighted by Crippen LogP contribution is 2.14. The predicted octanol–water partition coefficient (Wildman–Crippen LogP) is 4.47. The van der Waals surface area contributed by atoms with Crippen LogP contribution in [0, 0.1) is 0 Å². The Morgan fingerprint density at radius 1 is 0.957 bits per heavy atom. The Morgan fingerprint density at radius 2 is 1.52 bits per heavy atom. The van der Waals surface area contributed by atoms with Crippen molar-refractivity contribution in [1.29, 1.82) is 0 Å². The standard InChI is InChI=1S/C11H20O2.C7H6O3/c1-2-3-4-5-6-7-8-9-10-11(12)13;8-6-4-2-1-3-5(6)7(9)10/h2H,1,3-10H2,(H,12,13);1-4,8H,(H,9,10). The minimum absolute atomic E-state index is 0.0671. The van der Waals surface area contributed by atoms with Gasteiger partial charge in [0.2, 0.25) is 0 Å². The summed E-state index contributed by atoms with van der Waals surface area (Å²) in [4.78, 5) is 20.4. The van der Waals surface area contributed by atoms with Crippen LogP contribution in [0.4, 0.5) is 0 Å². The van der Waals surface area contributed by atoms with Gasteiger partial charge in [-0.3, -0.25) is 4.79 Å². The van der Waals surface area contributed by atoms with Gasteiger partial charge in [-0.05, 0) is 31.4 Å². The van der Waals surface area contributed by atoms with Gasteiger partial charge in [0.25, 0.3) is 0 Å². The molecule has 0 radical (unpaired) electrons. The zero-order valence-corrected chi connectivity index (χ0v) is 13.4. The fraction of sp³-hybridized carbons (Fsp3) is 0.444. The number of rotatable bonds is 10. The van der Waals surface area contributed by atoms with Crippen molar-refractivity contribution in [1.82, 2.24) is 0 Å². The summed E-state index contributed by atoms with van der Waals surface area (Å²) in [6.45, 7) is 3.66. The molecule has 1 aromatic rings. The van der Waals surface area contributed by atoms with Crippen LogP contribution in [0.25, 0.3) is 0 Å². The Labute approximate surface area is 137 Å². The zero-order valence-electron chi connectivity index (χ0n) is 13.4. The Kier molecular flexibility index (Phi) is 12.0. The molecular weight excluding hydrogens is 296 g/mol. The maximum atomic E-state index is 10.3. The molecule has 1 aromatic carbocycles. The third-order valence-electron chi connectivity index (χ3n) is 3.18. The van der Waals surface area contributed by atoms with Crippen molar-refractivity contribution < 1.29 is 24.9 Å². The van der Waals surface area contributed by atoms with Crippen LogP contribution in [-0.2, 0) is 4.79 Å². The average molecular weight is 322 g/mol. The molecule has 0 fully saturated rings. The number of para-hydroxylation sites is 1. The molecule has 0 amide bonds. The molecule has 0 saturated carbocycles. The van der Waals surface area contributed by atoms with Crippen LogP contribution in [0.3, 0.4) is 0 Å². The molecule has 0 heterocycles. The Morgan fingerprint density at radius 3 is 2.00 bits per heavy atom. The second-order valence-electron chi connectivity index (χ2n) is 5.16. The topological polar surface area (TPSA) is 94.8 Å². The van der Waals surface area contributed by atoms with E-state index < -0.39 is 11.9 Å². The number of carbonyl (C=O) groups is 2. The second-order valence-corrected chi connectivity index (χ2v) is 5.16. The number of carboxylic acid groups (broad SMARTS) is 2. The molecule has 0 aliphatic carbocycles. The Hall–Kier alpha value is -2.30. The highest BCUT2D eigenvalue weighted by Gasteiger charge is 2.05. The summed E-state index contributed by atoms with van der Waals surface area (Å²) in [6.07, 6.45) is 10.1. The molecule has 0 aliphatic heterocycles. The monoisotopic (exact) mass is 322 g/mol. The summed E-state index contributed by atoms with van der Waals surface area (Å²) in [7, 11) is 0. The summed E-state index contributed by atoms with van der Waals surface area (Å²) in [5, 5.41) is 25.7. The number of allylic oxidation sites excluding steroid dienone is 1. The normalized spacial score (nSPS) is 9.57. The van der Waals surface area contributed by atoms with Gasteiger partial charge in [0.05, 0.1) is 0 Å². The number of benzene rings is 1. The number of aromatic hydroxyl groups is 1. The summed E-state index contributed by atoms with van der Waals surface area (Å²) >= 11 is 0. The van der Waals surface area contributed by atoms with Crippen molar-refractivity contribution in [3.63, 3.8) is 0 Å². The van der Waals surface area contributed by atoms with Crippen molar-refractivity contribution in [2.75, 3.05) is 0 Å². The van der Waals surface area contributed by atoms with Gasteiger partial charge in [-0.2, -0.15) is 0 Å². The minimum Gasteiger partial charge on any atom is -0.507 e. The molecule has 0 spiro atoms. The Bertz CT molecular complexity index is 482. The average Bonchev–Trinajstić information content (AvgIpc) is 2.50. The van der Waals surface area contributed by atoms with E-state index in [-0.39, 0.29) is 11.3 Å². The van der Waals surface area contributed by atoms with Crippen molar-refractivity contribution in [2.45, 2.75) is 51.4 Å². The lowest BCUT2D eigenvalue weighted by molar-refractivity contribution is -0.137. The largest absolute Gasteiger partial charge is 0.507 e. The third-order valence-corrected chi connectivity index (χ3v) is 3.18. The molecule has 0 atom stereocenters. The van der Waals surface area contributed by atoms with E-state index in [9.17, 15) is 9.59 Å². The molecule has 0 aliphatic rings. The lowest BCUT2D eigenvalue weighted by Gasteiger charge is -1.98. The molecule has 0 bridgehead atoms. The van der Waals surface area contributed by atoms with E-state index in [1.807, 2.05) is 6.08 Å². The number of carboxylic acids is 2. The lowest BCUT2D eigenvalue weighted by Crippen LogP contribution is -1.95. The third kappa shape index (κ3) is 12.0. The number of aromatic carboxylic acids is 1. The second kappa shape index (κ2) is 13.4. The summed E-state index contributed by atoms with van der Waals surface area (Å²) < 4.78 is 0. The summed E-state index contributed by atoms with van der Waals surface area (Å²) in [5.41, 5.74) is -0.0671. The van der Waals surface area contributed by atoms with Crippen LogP contribution in [-0.4, -0.2) is 27.3 Å². The molecule has 0 saturated heterocycles. The van der Waals surface area contributed by atoms with E-state index in [1.165, 1.54) is 37.8 Å². The van der Waals surface area contributed by atoms with Crippen LogP contribution >= 0.6 is 0 Å². The zero-order chi connectivity index (χ0) is 17.5. The predicted molar refractivity (Wildman–Crippen MR) is 89.8 cm³/mol. The number of unbranched alkanes of at least 4 members (excludes halogenated alkanes) is 6. The smallest absolute Gasteiger partial charge is 0.339 e. The number of hydrogen-bond donors (Lipinski definition) is 3. The first kappa shape index (κ1) is 20.7. The molecular formula is C18H26O5. The molecule has 5 nitrogen and oxygen atoms in total. The van der Waals surface area contributed by atoms with Crippen LogP contribution in [0.5, 0.6) is 5.75 Å². The lowest BCUT2D eigenvalue weighted by atomic mass is 10.1. The highest BCUT2D eigenvalue weighted by atomic mass is 16.4. The van der Waals surface area contributed by atoms with E-state index in [0.29, 0.717) is 6.42 Å². The molecule has 0 unspecified atom stereocenters. The highest BCUT2D eigenvalue weighted by molar-refractivity contribution is 5.90. The van der Waals surface area contributed by atoms with Crippen molar-refractivity contribution in [3.8, 4) is 5.75 Å². The maximum absolute atomic E-state index is 10.3. The van der Waals surface area contributed by atoms with Gasteiger partial charge in [-0.1, -0.05) is 43.9 Å². The number of hydrogen-bond acceptors (Lipinski definition) is 3. The van der Waals surface area contributed by atoms with E-state index in [4.69, 9.17) is 15.3 Å². The molecule has 128 valence electrons. The molecule has 1 rings (SSSR count). The molecule has 0 aromatic heterocycles. The summed E-state index contributed by atoms with van der Waals surface area (Å²) in [5.74, 6) is -1.99. The summed E-state index contributed by atoms with van der Waals surface area (Å²) in [6, 6.07) is 5.81. The van der Waals surface area contributed by atoms with Gasteiger partial charge < -0.3 is 15.3 Å². The van der Waals surface area contributed by atoms with Gasteiger partial charge in [0.1, 0.15) is 11.3 Å². The van der Waals surface area contributed by atoms with Gasteiger partial charge in [0.15, 0.2) is 0 Å². The first-order valence-corrected chi connectivity index (χ1v) is 7.83. The number of phenols is 1. The van der Waals surface area contributed by atoms with E-state index in [1.54, 1.807) is 12.1 Å². The van der Waals surface area contributed by atoms with Crippen molar-refractivity contribution in [3.05, 3.63) is 42.5 Å². The van der Waals surface area contributed by atoms with Crippen LogP contribution in [0.15, 0.2) is 36.9 Å². The fourth-order valence-corrected chi connectivity index (χ4v) is 1.93. The van der Waals surface area contributed by atoms with Crippen LogP contribution < -0.4 is 0 Å². The van der Waals surface area contributed by atoms with Gasteiger partial charge in [-0.15, -0.1) is 6.58 Å². The minimum atomic E-state index is -1.11. The SMILES string of the molecule is C=CCCCCCCCCC(=O)O.O=C(O)c1ccccc1O. The molecule has 23 heavy (non-hydrogen) atoms. The maximum Gasteiger partial charge on any atom is 0.339 e. The van der Waals surface area contributed by atoms with E-state index in [0.717, 1.165) is 19.3 Å². The van der Waals surface area contributed by atoms with Crippen LogP contribution in [0.2, 0.25) is 0 Å². The van der Waals surface area contributed by atoms with E-state index in [2.05, 4.69) is 6.58 Å². The quantitative estimate of drug-likeness (QED) is 0.436. The molecule has 5 heteroatoms. The first-order valence-electron chi connectivity index (χ1n) is 7.83. The van der Waals surface area contributed by atoms with Crippen LogP contribution in [0.1, 0.15) is 61.7 Å². The van der Waals surface area contributed by atoms with Crippen molar-refractivity contribution in [2.24, 2.45) is 0 Å². The van der Waals surface area contributed by atoms with Gasteiger partial charge in [-0.25, -0.2) is 4.79 Å². The fourth-order valence-electron chi connectivity index (χ4n) is 1.93. The van der Waals surface area contributed by atoms with E-state index >= 15 is 0 Å². The first-order chi connectivity index (χ1) is 11.0. The number of aliphatic carboxylic acids is 1. The van der Waals surface area contributed by atoms with Gasteiger partial charge >= 0.3 is 11.9 Å². The van der Waals surface area contributed by atoms with Gasteiger partial charge in [0, 0.05) is 6.42 Å².